The van der Waals surface area contributed by atoms with Gasteiger partial charge in [-0.3, -0.25) is 14.6 Å². The molecule has 3 rings (SSSR count). The number of aromatic nitrogens is 3. The van der Waals surface area contributed by atoms with Crippen LogP contribution in [0.4, 0.5) is 4.39 Å². The third-order valence-corrected chi connectivity index (χ3v) is 3.77. The Morgan fingerprint density at radius 3 is 2.64 bits per heavy atom. The number of Topliss-reactive ketones (excluding diaryl/α,β-unsaturated/α-hetero) is 1. The van der Waals surface area contributed by atoms with Crippen LogP contribution in [0.2, 0.25) is 0 Å². The van der Waals surface area contributed by atoms with Gasteiger partial charge in [-0.05, 0) is 41.8 Å². The van der Waals surface area contributed by atoms with E-state index in [0.29, 0.717) is 17.8 Å². The van der Waals surface area contributed by atoms with E-state index in [1.807, 2.05) is 6.07 Å². The maximum atomic E-state index is 13.2. The number of carbonyl (C=O) groups excluding carboxylic acids is 1. The molecule has 25 heavy (non-hydrogen) atoms. The number of halogens is 1. The maximum absolute atomic E-state index is 13.2. The molecule has 0 saturated heterocycles. The fourth-order valence-corrected chi connectivity index (χ4v) is 2.48. The summed E-state index contributed by atoms with van der Waals surface area (Å²) in [7, 11) is 1.54. The van der Waals surface area contributed by atoms with Gasteiger partial charge >= 0.3 is 0 Å². The minimum Gasteiger partial charge on any atom is -0.292 e. The van der Waals surface area contributed by atoms with E-state index in [1.54, 1.807) is 30.5 Å². The summed E-state index contributed by atoms with van der Waals surface area (Å²) >= 11 is 0. The van der Waals surface area contributed by atoms with Crippen LogP contribution in [0.1, 0.15) is 27.3 Å². The zero-order valence-electron chi connectivity index (χ0n) is 13.6. The van der Waals surface area contributed by atoms with Crippen LogP contribution in [0.15, 0.2) is 59.5 Å². The topological polar surface area (TPSA) is 64.8 Å². The first-order chi connectivity index (χ1) is 12.0. The van der Waals surface area contributed by atoms with Gasteiger partial charge in [0.1, 0.15) is 11.5 Å². The van der Waals surface area contributed by atoms with Crippen molar-refractivity contribution < 1.29 is 9.18 Å². The van der Waals surface area contributed by atoms with Crippen LogP contribution < -0.4 is 5.56 Å². The summed E-state index contributed by atoms with van der Waals surface area (Å²) in [4.78, 5) is 27.8. The molecular formula is C19H16FN3O2. The van der Waals surface area contributed by atoms with E-state index in [0.717, 1.165) is 11.1 Å². The number of ketones is 1. The fourth-order valence-electron chi connectivity index (χ4n) is 2.48. The van der Waals surface area contributed by atoms with Crippen LogP contribution in [0, 0.1) is 5.82 Å². The molecule has 0 aliphatic carbocycles. The molecule has 0 fully saturated rings. The normalized spacial score (nSPS) is 10.6. The summed E-state index contributed by atoms with van der Waals surface area (Å²) in [5.74, 6) is -0.453. The predicted molar refractivity (Wildman–Crippen MR) is 91.0 cm³/mol. The standard InChI is InChI=1S/C19H16FN3O2/c1-23-19(25)8-6-16(22-23)11-18(24)17-7-5-14(12-21-17)9-13-3-2-4-15(20)10-13/h2-8,10,12H,9,11H2,1H3. The van der Waals surface area contributed by atoms with Crippen molar-refractivity contribution in [2.75, 3.05) is 0 Å². The van der Waals surface area contributed by atoms with Crippen molar-refractivity contribution in [1.82, 2.24) is 14.8 Å². The van der Waals surface area contributed by atoms with E-state index in [-0.39, 0.29) is 23.6 Å². The molecule has 2 aromatic heterocycles. The average Bonchev–Trinajstić information content (AvgIpc) is 2.59. The molecule has 0 atom stereocenters. The van der Waals surface area contributed by atoms with Crippen LogP contribution in [0.3, 0.4) is 0 Å². The lowest BCUT2D eigenvalue weighted by atomic mass is 10.1. The molecule has 6 heteroatoms. The smallest absolute Gasteiger partial charge is 0.266 e. The highest BCUT2D eigenvalue weighted by Gasteiger charge is 2.10. The lowest BCUT2D eigenvalue weighted by Gasteiger charge is -2.05. The SMILES string of the molecule is Cn1nc(CC(=O)c2ccc(Cc3cccc(F)c3)cn2)ccc1=O. The monoisotopic (exact) mass is 337 g/mol. The molecule has 3 aromatic rings. The van der Waals surface area contributed by atoms with E-state index < -0.39 is 0 Å². The van der Waals surface area contributed by atoms with Crippen molar-refractivity contribution in [3.8, 4) is 0 Å². The zero-order valence-corrected chi connectivity index (χ0v) is 13.6. The molecule has 2 heterocycles. The third kappa shape index (κ3) is 4.23. The van der Waals surface area contributed by atoms with Gasteiger partial charge in [-0.1, -0.05) is 18.2 Å². The number of rotatable bonds is 5. The van der Waals surface area contributed by atoms with Crippen molar-refractivity contribution in [3.05, 3.63) is 93.4 Å². The first-order valence-corrected chi connectivity index (χ1v) is 7.77. The van der Waals surface area contributed by atoms with Gasteiger partial charge in [-0.25, -0.2) is 9.07 Å². The van der Waals surface area contributed by atoms with Gasteiger partial charge in [0.05, 0.1) is 12.1 Å². The predicted octanol–water partition coefficient (Wildman–Crippen LogP) is 2.33. The second-order valence-corrected chi connectivity index (χ2v) is 5.74. The molecule has 0 bridgehead atoms. The van der Waals surface area contributed by atoms with Crippen LogP contribution >= 0.6 is 0 Å². The number of nitrogens with zero attached hydrogens (tertiary/aromatic N) is 3. The summed E-state index contributed by atoms with van der Waals surface area (Å²) in [5, 5.41) is 4.04. The molecule has 0 N–H and O–H groups in total. The van der Waals surface area contributed by atoms with Crippen molar-refractivity contribution >= 4 is 5.78 Å². The summed E-state index contributed by atoms with van der Waals surface area (Å²) in [5.41, 5.74) is 2.35. The molecule has 1 aromatic carbocycles. The second kappa shape index (κ2) is 7.17. The van der Waals surface area contributed by atoms with Crippen LogP contribution in [0.25, 0.3) is 0 Å². The summed E-state index contributed by atoms with van der Waals surface area (Å²) in [6, 6.07) is 12.8. The molecule has 5 nitrogen and oxygen atoms in total. The highest BCUT2D eigenvalue weighted by molar-refractivity contribution is 5.95. The Morgan fingerprint density at radius 2 is 1.96 bits per heavy atom. The van der Waals surface area contributed by atoms with E-state index in [1.165, 1.54) is 29.9 Å². The average molecular weight is 337 g/mol. The van der Waals surface area contributed by atoms with Crippen molar-refractivity contribution in [2.45, 2.75) is 12.8 Å². The largest absolute Gasteiger partial charge is 0.292 e. The van der Waals surface area contributed by atoms with Gasteiger partial charge in [-0.2, -0.15) is 5.10 Å². The van der Waals surface area contributed by atoms with E-state index >= 15 is 0 Å². The maximum Gasteiger partial charge on any atom is 0.266 e. The number of pyridine rings is 1. The van der Waals surface area contributed by atoms with E-state index in [4.69, 9.17) is 0 Å². The summed E-state index contributed by atoms with van der Waals surface area (Å²) < 4.78 is 14.4. The molecule has 126 valence electrons. The Balaban J connectivity index is 1.69. The van der Waals surface area contributed by atoms with Gasteiger partial charge < -0.3 is 0 Å². The number of hydrogen-bond acceptors (Lipinski definition) is 4. The fraction of sp³-hybridized carbons (Fsp3) is 0.158. The lowest BCUT2D eigenvalue weighted by Crippen LogP contribution is -2.20. The quantitative estimate of drug-likeness (QED) is 0.670. The Morgan fingerprint density at radius 1 is 1.12 bits per heavy atom. The van der Waals surface area contributed by atoms with Crippen LogP contribution in [0.5, 0.6) is 0 Å². The molecule has 0 aliphatic rings. The molecular weight excluding hydrogens is 321 g/mol. The zero-order chi connectivity index (χ0) is 17.8. The van der Waals surface area contributed by atoms with Gasteiger partial charge in [0.2, 0.25) is 0 Å². The first-order valence-electron chi connectivity index (χ1n) is 7.77. The molecule has 0 amide bonds. The van der Waals surface area contributed by atoms with Gasteiger partial charge in [-0.15, -0.1) is 0 Å². The highest BCUT2D eigenvalue weighted by atomic mass is 19.1. The third-order valence-electron chi connectivity index (χ3n) is 3.77. The number of hydrogen-bond donors (Lipinski definition) is 0. The van der Waals surface area contributed by atoms with Crippen molar-refractivity contribution in [3.63, 3.8) is 0 Å². The molecule has 0 saturated carbocycles. The number of benzene rings is 1. The Hall–Kier alpha value is -3.15. The Bertz CT molecular complexity index is 965. The minimum absolute atomic E-state index is 0.0738. The van der Waals surface area contributed by atoms with E-state index in [9.17, 15) is 14.0 Å². The summed E-state index contributed by atoms with van der Waals surface area (Å²) in [6.07, 6.45) is 2.23. The van der Waals surface area contributed by atoms with E-state index in [2.05, 4.69) is 10.1 Å². The highest BCUT2D eigenvalue weighted by Crippen LogP contribution is 2.11. The minimum atomic E-state index is -0.276. The Kier molecular flexibility index (Phi) is 4.79. The molecule has 0 aliphatic heterocycles. The molecule has 0 spiro atoms. The van der Waals surface area contributed by atoms with Crippen LogP contribution in [-0.4, -0.2) is 20.5 Å². The van der Waals surface area contributed by atoms with Crippen molar-refractivity contribution in [2.24, 2.45) is 7.05 Å². The molecule has 0 radical (unpaired) electrons. The molecule has 0 unspecified atom stereocenters. The summed E-state index contributed by atoms with van der Waals surface area (Å²) in [6.45, 7) is 0. The first kappa shape index (κ1) is 16.7. The van der Waals surface area contributed by atoms with Gasteiger partial charge in [0.15, 0.2) is 5.78 Å². The van der Waals surface area contributed by atoms with Crippen LogP contribution in [-0.2, 0) is 19.9 Å². The Labute approximate surface area is 143 Å². The number of aryl methyl sites for hydroxylation is 1. The van der Waals surface area contributed by atoms with Gasteiger partial charge in [0, 0.05) is 19.3 Å². The van der Waals surface area contributed by atoms with Crippen molar-refractivity contribution in [1.29, 1.82) is 0 Å². The lowest BCUT2D eigenvalue weighted by molar-refractivity contribution is 0.0986. The number of carbonyl (C=O) groups is 1. The second-order valence-electron chi connectivity index (χ2n) is 5.74. The van der Waals surface area contributed by atoms with Gasteiger partial charge in [0.25, 0.3) is 5.56 Å².